The molecule has 0 aliphatic rings. The van der Waals surface area contributed by atoms with Crippen molar-refractivity contribution in [2.75, 3.05) is 0 Å². The predicted molar refractivity (Wildman–Crippen MR) is 453 cm³/mol. The Kier molecular flexibility index (Phi) is 31.1. The van der Waals surface area contributed by atoms with Crippen molar-refractivity contribution in [2.45, 2.75) is 33.4 Å². The number of carboxylic acid groups (broad SMARTS) is 1. The van der Waals surface area contributed by atoms with E-state index in [1.54, 1.807) is 146 Å². The number of carbonyl (C=O) groups is 2. The van der Waals surface area contributed by atoms with Gasteiger partial charge in [-0.05, 0) is 63.7 Å². The van der Waals surface area contributed by atoms with Crippen molar-refractivity contribution in [3.8, 4) is 112 Å². The topological polar surface area (TPSA) is 222 Å². The van der Waals surface area contributed by atoms with Gasteiger partial charge >= 0.3 is 24.5 Å². The molecule has 0 saturated heterocycles. The number of primary amides is 1. The van der Waals surface area contributed by atoms with Crippen LogP contribution in [0.3, 0.4) is 0 Å². The molecule has 10 aromatic carbocycles. The summed E-state index contributed by atoms with van der Waals surface area (Å²) in [6, 6.07) is 78.9. The normalized spacial score (nSPS) is 10.6. The lowest BCUT2D eigenvalue weighted by atomic mass is 9.99. The Labute approximate surface area is 699 Å². The molecule has 0 atom stereocenters. The van der Waals surface area contributed by atoms with Crippen molar-refractivity contribution < 1.29 is 55.6 Å². The van der Waals surface area contributed by atoms with Crippen LogP contribution in [0, 0.1) is 23.5 Å². The van der Waals surface area contributed by atoms with Gasteiger partial charge in [0.25, 0.3) is 0 Å². The van der Waals surface area contributed by atoms with Crippen LogP contribution in [0.25, 0.3) is 126 Å². The standard InChI is InChI=1S/C18H12F3N3O.C18H10F3N3.C18H11F3N2O2.C17H10ClN3.C17H10IN3.2CH4.B.H2/c19-18(20,21)17-23-10-14(11-6-8-13(9-7-11)16(22)25)15(24-17)12-4-2-1-3-5-12;1-22-14-9-7-12(8-10-14)15-11-23-17(18(19,20)21)24-16(15)13-5-3-2-4-6-13;19-18(20,21)17-22-10-14(11-6-8-13(9-7-11)16(24)25)15(23-17)12-4-2-1-3-5-12;2*1-19-14-9-7-12(8-10-14)15-11-20-17(18)21-16(15)13-5-3-2-4-6-13;;;;/h1-10H,(H2,22,25);2-11H;1-10H,(H,24,25);2*2-11H;2*1H4;;1H/i;;;;;;;;1+1. The average Bonchev–Trinajstić information content (AvgIpc) is 0.849. The van der Waals surface area contributed by atoms with E-state index >= 15 is 0 Å². The molecule has 5 aromatic heterocycles. The monoisotopic (exact) mass is 1730 g/mol. The fourth-order valence-electron chi connectivity index (χ4n) is 11.2. The summed E-state index contributed by atoms with van der Waals surface area (Å²) in [4.78, 5) is 71.0. The van der Waals surface area contributed by atoms with Crippen LogP contribution in [0.4, 0.5) is 56.6 Å². The number of rotatable bonds is 12. The molecule has 591 valence electrons. The zero-order chi connectivity index (χ0) is 82.5. The number of amides is 1. The Morgan fingerprint density at radius 2 is 0.563 bits per heavy atom. The molecule has 15 aromatic rings. The number of aromatic carboxylic acids is 1. The Hall–Kier alpha value is -14.5. The van der Waals surface area contributed by atoms with E-state index in [2.05, 4.69) is 87.0 Å². The fraction of sp³-hybridized carbons (Fsp3) is 0.0556. The van der Waals surface area contributed by atoms with Crippen LogP contribution < -0.4 is 5.73 Å². The molecule has 0 spiro atoms. The molecule has 0 bridgehead atoms. The van der Waals surface area contributed by atoms with E-state index in [4.69, 9.17) is 42.2 Å². The molecule has 29 heteroatoms. The second kappa shape index (κ2) is 41.2. The molecule has 119 heavy (non-hydrogen) atoms. The lowest BCUT2D eigenvalue weighted by Crippen LogP contribution is -2.12. The average molecular weight is 1730 g/mol. The molecule has 0 unspecified atom stereocenters. The zero-order valence-corrected chi connectivity index (χ0v) is 63.2. The number of carboxylic acids is 1. The highest BCUT2D eigenvalue weighted by atomic mass is 127. The highest BCUT2D eigenvalue weighted by molar-refractivity contribution is 14.1. The van der Waals surface area contributed by atoms with Gasteiger partial charge in [-0.1, -0.05) is 264 Å². The van der Waals surface area contributed by atoms with Crippen LogP contribution in [0.5, 0.6) is 0 Å². The number of aromatic nitrogens is 10. The van der Waals surface area contributed by atoms with Crippen LogP contribution >= 0.6 is 34.2 Å². The first-order chi connectivity index (χ1) is 55.8. The van der Waals surface area contributed by atoms with E-state index in [1.807, 2.05) is 103 Å². The van der Waals surface area contributed by atoms with Crippen LogP contribution in [-0.2, 0) is 18.5 Å². The van der Waals surface area contributed by atoms with Gasteiger partial charge in [0.2, 0.25) is 28.7 Å². The molecular formula is C90H63BClF9IN14O3. The summed E-state index contributed by atoms with van der Waals surface area (Å²) in [5.74, 6) is -5.28. The Bertz CT molecular complexity index is 5790. The smallest absolute Gasteiger partial charge is 0.451 e. The molecule has 3 radical (unpaired) electrons. The third kappa shape index (κ3) is 23.6. The molecule has 5 heterocycles. The summed E-state index contributed by atoms with van der Waals surface area (Å²) < 4.78 is 117. The van der Waals surface area contributed by atoms with Gasteiger partial charge in [-0.3, -0.25) is 4.79 Å². The van der Waals surface area contributed by atoms with E-state index in [0.29, 0.717) is 76.5 Å². The summed E-state index contributed by atoms with van der Waals surface area (Å²) in [7, 11) is 0. The van der Waals surface area contributed by atoms with E-state index in [9.17, 15) is 49.1 Å². The molecule has 0 fully saturated rings. The summed E-state index contributed by atoms with van der Waals surface area (Å²) in [6.45, 7) is 21.0. The van der Waals surface area contributed by atoms with Gasteiger partial charge in [0, 0.05) is 125 Å². The first kappa shape index (κ1) is 90.0. The van der Waals surface area contributed by atoms with E-state index in [0.717, 1.165) is 57.2 Å². The third-order valence-electron chi connectivity index (χ3n) is 16.7. The molecule has 0 aliphatic heterocycles. The number of nitrogens with two attached hydrogens (primary N) is 1. The maximum absolute atomic E-state index is 13.0. The van der Waals surface area contributed by atoms with E-state index in [-0.39, 0.29) is 52.6 Å². The van der Waals surface area contributed by atoms with E-state index in [1.165, 1.54) is 42.6 Å². The number of halogens is 11. The van der Waals surface area contributed by atoms with Crippen LogP contribution in [-0.4, -0.2) is 75.2 Å². The minimum Gasteiger partial charge on any atom is -0.478 e. The second-order valence-electron chi connectivity index (χ2n) is 24.3. The van der Waals surface area contributed by atoms with Crippen LogP contribution in [0.15, 0.2) is 304 Å². The fourth-order valence-corrected chi connectivity index (χ4v) is 11.7. The molecule has 3 N–H and O–H groups in total. The predicted octanol–water partition coefficient (Wildman–Crippen LogP) is 25.0. The number of alkyl halides is 9. The Morgan fingerprint density at radius 3 is 0.807 bits per heavy atom. The Balaban J connectivity index is 0.000000205. The largest absolute Gasteiger partial charge is 0.478 e. The summed E-state index contributed by atoms with van der Waals surface area (Å²) >= 11 is 8.06. The minimum absolute atomic E-state index is 0. The maximum atomic E-state index is 13.0. The van der Waals surface area contributed by atoms with E-state index < -0.39 is 47.9 Å². The van der Waals surface area contributed by atoms with Crippen molar-refractivity contribution in [1.82, 2.24) is 49.8 Å². The van der Waals surface area contributed by atoms with Gasteiger partial charge in [-0.25, -0.2) is 69.2 Å². The summed E-state index contributed by atoms with van der Waals surface area (Å²) in [6.07, 6.45) is -6.95. The highest BCUT2D eigenvalue weighted by Crippen LogP contribution is 2.40. The summed E-state index contributed by atoms with van der Waals surface area (Å²) in [5.41, 5.74) is 20.0. The molecule has 17 nitrogen and oxygen atoms in total. The maximum Gasteiger partial charge on any atom is 0.451 e. The SMILES string of the molecule is C.C.NC(=O)c1ccc(-c2cnc(C(F)(F)F)nc2-c2ccccc2)cc1.O=C(O)c1ccc(-c2cnc(C(F)(F)F)nc2-c2ccccc2)cc1.[2HH].[B].[C-]#[N+]c1ccc(-c2cnc(C(F)(F)F)nc2-c2ccccc2)cc1.[C-]#[N+]c1ccc(-c2cnc(Cl)nc2-c2ccccc2)cc1.[C-]#[N+]c1ccc(-c2cnc(I)nc2-c2ccccc2)cc1. The van der Waals surface area contributed by atoms with Gasteiger partial charge < -0.3 is 10.8 Å². The van der Waals surface area contributed by atoms with Gasteiger partial charge in [0.05, 0.1) is 53.7 Å². The molecule has 1 amide bonds. The van der Waals surface area contributed by atoms with Crippen LogP contribution in [0.2, 0.25) is 5.28 Å². The van der Waals surface area contributed by atoms with Crippen molar-refractivity contribution >= 4 is 71.5 Å². The second-order valence-corrected chi connectivity index (χ2v) is 25.6. The van der Waals surface area contributed by atoms with Crippen LogP contribution in [0.1, 0.15) is 54.5 Å². The lowest BCUT2D eigenvalue weighted by molar-refractivity contribution is -0.145. The van der Waals surface area contributed by atoms with Gasteiger partial charge in [-0.2, -0.15) is 39.5 Å². The molecular weight excluding hydrogens is 1670 g/mol. The molecule has 0 aliphatic carbocycles. The van der Waals surface area contributed by atoms with Crippen molar-refractivity contribution in [1.29, 1.82) is 0 Å². The van der Waals surface area contributed by atoms with Gasteiger partial charge in [0.15, 0.2) is 20.9 Å². The minimum atomic E-state index is -4.66. The van der Waals surface area contributed by atoms with Gasteiger partial charge in [0.1, 0.15) is 0 Å². The summed E-state index contributed by atoms with van der Waals surface area (Å²) in [5, 5.41) is 9.17. The number of nitrogens with zero attached hydrogens (tertiary/aromatic N) is 13. The Morgan fingerprint density at radius 1 is 0.336 bits per heavy atom. The van der Waals surface area contributed by atoms with Crippen molar-refractivity contribution in [3.05, 3.63) is 376 Å². The number of hydrogen-bond donors (Lipinski definition) is 2. The van der Waals surface area contributed by atoms with Crippen molar-refractivity contribution in [2.24, 2.45) is 5.73 Å². The lowest BCUT2D eigenvalue weighted by Gasteiger charge is -2.12. The molecule has 15 rings (SSSR count). The molecule has 0 saturated carbocycles. The van der Waals surface area contributed by atoms with Gasteiger partial charge in [-0.15, -0.1) is 0 Å². The quantitative estimate of drug-likeness (QED) is 0.0382. The highest BCUT2D eigenvalue weighted by Gasteiger charge is 2.38. The van der Waals surface area contributed by atoms with Crippen molar-refractivity contribution in [3.63, 3.8) is 0 Å². The first-order valence-electron chi connectivity index (χ1n) is 34.1. The number of benzene rings is 10. The number of carbonyl (C=O) groups excluding carboxylic acids is 1. The number of hydrogen-bond acceptors (Lipinski definition) is 12. The zero-order valence-electron chi connectivity index (χ0n) is 60.3. The first-order valence-corrected chi connectivity index (χ1v) is 35.5. The third-order valence-corrected chi connectivity index (χ3v) is 17.4.